The number of thioether (sulfide) groups is 1. The molecule has 1 amide bonds. The second-order valence-corrected chi connectivity index (χ2v) is 8.10. The highest BCUT2D eigenvalue weighted by molar-refractivity contribution is 8.18. The highest BCUT2D eigenvalue weighted by Crippen LogP contribution is 2.36. The lowest BCUT2D eigenvalue weighted by Gasteiger charge is -2.04. The second-order valence-electron chi connectivity index (χ2n) is 7.07. The van der Waals surface area contributed by atoms with Gasteiger partial charge in [0.1, 0.15) is 23.0 Å². The van der Waals surface area contributed by atoms with Gasteiger partial charge in [-0.3, -0.25) is 14.9 Å². The van der Waals surface area contributed by atoms with Gasteiger partial charge in [0.15, 0.2) is 5.17 Å². The van der Waals surface area contributed by atoms with E-state index in [1.54, 1.807) is 43.5 Å². The first-order chi connectivity index (χ1) is 15.4. The van der Waals surface area contributed by atoms with Crippen LogP contribution in [0.5, 0.6) is 5.75 Å². The first kappa shape index (κ1) is 21.4. The molecule has 0 spiro atoms. The zero-order chi connectivity index (χ0) is 22.8. The van der Waals surface area contributed by atoms with Crippen molar-refractivity contribution in [1.29, 1.82) is 0 Å². The maximum absolute atomic E-state index is 12.4. The average molecular weight is 449 g/mol. The molecule has 0 saturated carbocycles. The van der Waals surface area contributed by atoms with E-state index in [-0.39, 0.29) is 11.6 Å². The summed E-state index contributed by atoms with van der Waals surface area (Å²) < 4.78 is 11.1. The number of nitro benzene ring substituents is 1. The zero-order valence-corrected chi connectivity index (χ0v) is 18.4. The van der Waals surface area contributed by atoms with Gasteiger partial charge >= 0.3 is 0 Å². The summed E-state index contributed by atoms with van der Waals surface area (Å²) in [5.74, 6) is 1.05. The molecule has 1 aliphatic heterocycles. The summed E-state index contributed by atoms with van der Waals surface area (Å²) in [5, 5.41) is 14.6. The summed E-state index contributed by atoms with van der Waals surface area (Å²) in [6.07, 6.45) is 1.58. The van der Waals surface area contributed by atoms with Crippen molar-refractivity contribution in [1.82, 2.24) is 5.32 Å². The molecule has 2 aromatic carbocycles. The van der Waals surface area contributed by atoms with Gasteiger partial charge in [-0.05, 0) is 67.1 Å². The van der Waals surface area contributed by atoms with Crippen LogP contribution in [0.25, 0.3) is 17.4 Å². The van der Waals surface area contributed by atoms with E-state index in [0.717, 1.165) is 11.1 Å². The summed E-state index contributed by atoms with van der Waals surface area (Å²) in [6.45, 7) is 3.71. The molecule has 3 aromatic rings. The van der Waals surface area contributed by atoms with Crippen LogP contribution < -0.4 is 10.1 Å². The minimum Gasteiger partial charge on any atom is -0.494 e. The van der Waals surface area contributed by atoms with Gasteiger partial charge < -0.3 is 14.5 Å². The fraction of sp³-hybridized carbons (Fsp3) is 0.130. The Bertz CT molecular complexity index is 1290. The molecule has 0 aliphatic carbocycles. The average Bonchev–Trinajstić information content (AvgIpc) is 3.36. The van der Waals surface area contributed by atoms with Gasteiger partial charge in [-0.25, -0.2) is 4.99 Å². The Morgan fingerprint density at radius 1 is 1.16 bits per heavy atom. The van der Waals surface area contributed by atoms with Crippen molar-refractivity contribution in [2.45, 2.75) is 13.8 Å². The summed E-state index contributed by atoms with van der Waals surface area (Å²) >= 11 is 1.17. The number of nitro groups is 1. The number of amidine groups is 1. The van der Waals surface area contributed by atoms with Gasteiger partial charge in [0.05, 0.1) is 22.5 Å². The molecule has 4 rings (SSSR count). The third-order valence-electron chi connectivity index (χ3n) is 4.93. The number of aryl methyl sites for hydroxylation is 2. The quantitative estimate of drug-likeness (QED) is 0.319. The van der Waals surface area contributed by atoms with Crippen LogP contribution in [0.3, 0.4) is 0 Å². The topological polar surface area (TPSA) is 107 Å². The molecule has 9 heteroatoms. The number of nitrogens with one attached hydrogen (secondary N) is 1. The number of rotatable bonds is 5. The van der Waals surface area contributed by atoms with Crippen molar-refractivity contribution in [2.75, 3.05) is 7.11 Å². The van der Waals surface area contributed by atoms with Crippen LogP contribution in [0.15, 0.2) is 62.8 Å². The van der Waals surface area contributed by atoms with Gasteiger partial charge in [-0.1, -0.05) is 12.1 Å². The molecule has 1 saturated heterocycles. The Labute approximate surface area is 188 Å². The summed E-state index contributed by atoms with van der Waals surface area (Å²) in [6, 6.07) is 13.8. The lowest BCUT2D eigenvalue weighted by molar-refractivity contribution is -0.384. The molecule has 1 aliphatic rings. The molecule has 1 aromatic heterocycles. The molecule has 162 valence electrons. The molecular formula is C23H19N3O5S. The summed E-state index contributed by atoms with van der Waals surface area (Å²) in [4.78, 5) is 28.3. The van der Waals surface area contributed by atoms with Crippen molar-refractivity contribution in [2.24, 2.45) is 4.99 Å². The molecule has 32 heavy (non-hydrogen) atoms. The third-order valence-corrected chi connectivity index (χ3v) is 5.84. The molecule has 8 nitrogen and oxygen atoms in total. The van der Waals surface area contributed by atoms with E-state index in [0.29, 0.717) is 38.6 Å². The Morgan fingerprint density at radius 3 is 2.66 bits per heavy atom. The fourth-order valence-electron chi connectivity index (χ4n) is 3.17. The number of hydrogen-bond donors (Lipinski definition) is 1. The summed E-state index contributed by atoms with van der Waals surface area (Å²) in [5.41, 5.74) is 2.71. The maximum atomic E-state index is 12.4. The Morgan fingerprint density at radius 2 is 1.91 bits per heavy atom. The van der Waals surface area contributed by atoms with Gasteiger partial charge in [0, 0.05) is 12.1 Å². The highest BCUT2D eigenvalue weighted by Gasteiger charge is 2.25. The molecule has 0 unspecified atom stereocenters. The van der Waals surface area contributed by atoms with Crippen molar-refractivity contribution in [3.05, 3.63) is 80.4 Å². The predicted molar refractivity (Wildman–Crippen MR) is 124 cm³/mol. The second kappa shape index (κ2) is 8.72. The summed E-state index contributed by atoms with van der Waals surface area (Å²) in [7, 11) is 1.55. The number of carbonyl (C=O) groups excluding carboxylic acids is 1. The van der Waals surface area contributed by atoms with Crippen LogP contribution in [-0.4, -0.2) is 23.1 Å². The SMILES string of the molecule is COc1ccccc1N=C1NC(=O)/C(=C/c2ccc(-c3cc(C)c(C)cc3[N+](=O)[O-])o2)S1. The number of hydrogen-bond acceptors (Lipinski definition) is 7. The number of methoxy groups -OCH3 is 1. The van der Waals surface area contributed by atoms with Gasteiger partial charge in [-0.2, -0.15) is 0 Å². The Kier molecular flexibility index (Phi) is 5.83. The molecule has 0 bridgehead atoms. The van der Waals surface area contributed by atoms with E-state index < -0.39 is 4.92 Å². The largest absolute Gasteiger partial charge is 0.494 e. The van der Waals surface area contributed by atoms with Crippen molar-refractivity contribution in [3.63, 3.8) is 0 Å². The first-order valence-corrected chi connectivity index (χ1v) is 10.5. The number of amides is 1. The van der Waals surface area contributed by atoms with Crippen LogP contribution in [0.4, 0.5) is 11.4 Å². The first-order valence-electron chi connectivity index (χ1n) is 9.64. The van der Waals surface area contributed by atoms with Crippen molar-refractivity contribution >= 4 is 40.3 Å². The normalized spacial score (nSPS) is 15.9. The molecule has 0 atom stereocenters. The number of aliphatic imine (C=N–C) groups is 1. The van der Waals surface area contributed by atoms with E-state index >= 15 is 0 Å². The lowest BCUT2D eigenvalue weighted by Crippen LogP contribution is -2.19. The van der Waals surface area contributed by atoms with Crippen LogP contribution in [0, 0.1) is 24.0 Å². The van der Waals surface area contributed by atoms with Crippen LogP contribution in [0.1, 0.15) is 16.9 Å². The highest BCUT2D eigenvalue weighted by atomic mass is 32.2. The molecule has 1 fully saturated rings. The lowest BCUT2D eigenvalue weighted by atomic mass is 10.0. The minimum absolute atomic E-state index is 0.0270. The molecule has 2 heterocycles. The number of benzene rings is 2. The van der Waals surface area contributed by atoms with Crippen molar-refractivity contribution in [3.8, 4) is 17.1 Å². The monoisotopic (exact) mass is 449 g/mol. The minimum atomic E-state index is -0.427. The number of carbonyl (C=O) groups is 1. The maximum Gasteiger partial charge on any atom is 0.280 e. The number of ether oxygens (including phenoxy) is 1. The smallest absolute Gasteiger partial charge is 0.280 e. The number of furan rings is 1. The van der Waals surface area contributed by atoms with E-state index in [2.05, 4.69) is 10.3 Å². The predicted octanol–water partition coefficient (Wildman–Crippen LogP) is 5.37. The van der Waals surface area contributed by atoms with E-state index in [1.165, 1.54) is 17.8 Å². The zero-order valence-electron chi connectivity index (χ0n) is 17.5. The fourth-order valence-corrected chi connectivity index (χ4v) is 3.98. The third kappa shape index (κ3) is 4.28. The van der Waals surface area contributed by atoms with Crippen LogP contribution >= 0.6 is 11.8 Å². The van der Waals surface area contributed by atoms with Gasteiger partial charge in [-0.15, -0.1) is 0 Å². The van der Waals surface area contributed by atoms with Crippen LogP contribution in [-0.2, 0) is 4.79 Å². The van der Waals surface area contributed by atoms with Gasteiger partial charge in [0.25, 0.3) is 11.6 Å². The number of nitrogens with zero attached hydrogens (tertiary/aromatic N) is 2. The Balaban J connectivity index is 1.62. The molecular weight excluding hydrogens is 430 g/mol. The van der Waals surface area contributed by atoms with E-state index in [1.807, 2.05) is 26.0 Å². The molecule has 1 N–H and O–H groups in total. The van der Waals surface area contributed by atoms with Crippen LogP contribution in [0.2, 0.25) is 0 Å². The standard InChI is InChI=1S/C23H19N3O5S/c1-13-10-16(18(26(28)29)11-14(13)2)19-9-8-15(31-19)12-21-22(27)25-23(32-21)24-17-6-4-5-7-20(17)30-3/h4-12H,1-3H3,(H,24,25,27)/b21-12-. The van der Waals surface area contributed by atoms with E-state index in [4.69, 9.17) is 9.15 Å². The molecule has 0 radical (unpaired) electrons. The van der Waals surface area contributed by atoms with Gasteiger partial charge in [0.2, 0.25) is 0 Å². The Hall–Kier alpha value is -3.85. The van der Waals surface area contributed by atoms with E-state index in [9.17, 15) is 14.9 Å². The number of para-hydroxylation sites is 2. The van der Waals surface area contributed by atoms with Crippen molar-refractivity contribution < 1.29 is 18.9 Å².